The van der Waals surface area contributed by atoms with Gasteiger partial charge in [-0.3, -0.25) is 0 Å². The molecular formula is C16H16FO2. The summed E-state index contributed by atoms with van der Waals surface area (Å²) in [5.41, 5.74) is 2.05. The minimum absolute atomic E-state index is 0.223. The summed E-state index contributed by atoms with van der Waals surface area (Å²) in [4.78, 5) is 0. The molecule has 0 bridgehead atoms. The van der Waals surface area contributed by atoms with Gasteiger partial charge in [0.15, 0.2) is 0 Å². The monoisotopic (exact) mass is 259 g/mol. The van der Waals surface area contributed by atoms with Crippen molar-refractivity contribution >= 4 is 0 Å². The number of halogens is 1. The second-order valence-electron chi connectivity index (χ2n) is 4.14. The number of methoxy groups -OCH3 is 2. The normalized spacial score (nSPS) is 10.3. The maximum atomic E-state index is 12.8. The second-order valence-corrected chi connectivity index (χ2v) is 4.14. The molecule has 0 atom stereocenters. The molecule has 99 valence electrons. The molecular weight excluding hydrogens is 243 g/mol. The summed E-state index contributed by atoms with van der Waals surface area (Å²) < 4.78 is 23.3. The molecule has 0 amide bonds. The van der Waals surface area contributed by atoms with Gasteiger partial charge in [-0.1, -0.05) is 18.2 Å². The fourth-order valence-electron chi connectivity index (χ4n) is 1.85. The lowest BCUT2D eigenvalue weighted by Crippen LogP contribution is -1.95. The van der Waals surface area contributed by atoms with E-state index >= 15 is 0 Å². The predicted octanol–water partition coefficient (Wildman–Crippen LogP) is 3.64. The lowest BCUT2D eigenvalue weighted by molar-refractivity contribution is 0.391. The summed E-state index contributed by atoms with van der Waals surface area (Å²) in [6.45, 7) is 0. The quantitative estimate of drug-likeness (QED) is 0.816. The molecule has 0 heterocycles. The summed E-state index contributed by atoms with van der Waals surface area (Å²) in [6.07, 6.45) is 2.75. The van der Waals surface area contributed by atoms with Crippen molar-refractivity contribution in [2.24, 2.45) is 0 Å². The number of benzene rings is 2. The van der Waals surface area contributed by atoms with Gasteiger partial charge in [-0.2, -0.15) is 0 Å². The van der Waals surface area contributed by atoms with Crippen LogP contribution in [0.1, 0.15) is 11.1 Å². The van der Waals surface area contributed by atoms with E-state index in [9.17, 15) is 4.39 Å². The van der Waals surface area contributed by atoms with Crippen molar-refractivity contribution < 1.29 is 13.9 Å². The molecule has 0 unspecified atom stereocenters. The third-order valence-electron chi connectivity index (χ3n) is 2.92. The molecule has 0 aromatic heterocycles. The number of hydrogen-bond donors (Lipinski definition) is 0. The van der Waals surface area contributed by atoms with Crippen molar-refractivity contribution in [2.75, 3.05) is 14.2 Å². The lowest BCUT2D eigenvalue weighted by atomic mass is 10.0. The van der Waals surface area contributed by atoms with Gasteiger partial charge in [0.2, 0.25) is 0 Å². The van der Waals surface area contributed by atoms with Crippen LogP contribution >= 0.6 is 0 Å². The smallest absolute Gasteiger partial charge is 0.125 e. The fourth-order valence-corrected chi connectivity index (χ4v) is 1.85. The molecule has 2 aromatic rings. The topological polar surface area (TPSA) is 18.5 Å². The van der Waals surface area contributed by atoms with Gasteiger partial charge in [-0.25, -0.2) is 4.39 Å². The van der Waals surface area contributed by atoms with E-state index in [0.717, 1.165) is 29.0 Å². The van der Waals surface area contributed by atoms with E-state index in [-0.39, 0.29) is 5.82 Å². The zero-order valence-corrected chi connectivity index (χ0v) is 11.0. The van der Waals surface area contributed by atoms with Gasteiger partial charge in [-0.15, -0.1) is 0 Å². The Labute approximate surface area is 112 Å². The third-order valence-corrected chi connectivity index (χ3v) is 2.92. The molecule has 0 aliphatic carbocycles. The number of ether oxygens (including phenoxy) is 2. The molecule has 2 rings (SSSR count). The van der Waals surface area contributed by atoms with Crippen LogP contribution in [0, 0.1) is 12.2 Å². The summed E-state index contributed by atoms with van der Waals surface area (Å²) in [5, 5.41) is 0. The molecule has 1 radical (unpaired) electrons. The highest BCUT2D eigenvalue weighted by molar-refractivity contribution is 5.42. The number of hydrogen-bond acceptors (Lipinski definition) is 2. The molecule has 0 aliphatic heterocycles. The molecule has 0 fully saturated rings. The van der Waals surface area contributed by atoms with Gasteiger partial charge >= 0.3 is 0 Å². The average molecular weight is 259 g/mol. The minimum Gasteiger partial charge on any atom is -0.497 e. The van der Waals surface area contributed by atoms with Gasteiger partial charge in [0.1, 0.15) is 17.3 Å². The van der Waals surface area contributed by atoms with E-state index in [1.54, 1.807) is 26.4 Å². The molecule has 2 aromatic carbocycles. The van der Waals surface area contributed by atoms with E-state index in [2.05, 4.69) is 0 Å². The second kappa shape index (κ2) is 6.23. The molecule has 3 heteroatoms. The van der Waals surface area contributed by atoms with Crippen LogP contribution in [-0.4, -0.2) is 14.2 Å². The number of rotatable bonds is 5. The third kappa shape index (κ3) is 3.47. The lowest BCUT2D eigenvalue weighted by Gasteiger charge is -2.10. The van der Waals surface area contributed by atoms with Crippen LogP contribution in [0.15, 0.2) is 42.5 Å². The van der Waals surface area contributed by atoms with Crippen LogP contribution < -0.4 is 9.47 Å². The van der Waals surface area contributed by atoms with Crippen molar-refractivity contribution in [1.29, 1.82) is 0 Å². The molecule has 2 nitrogen and oxygen atoms in total. The molecule has 0 saturated heterocycles. The zero-order chi connectivity index (χ0) is 13.7. The first-order valence-corrected chi connectivity index (χ1v) is 6.02. The van der Waals surface area contributed by atoms with Crippen molar-refractivity contribution in [3.05, 3.63) is 65.8 Å². The van der Waals surface area contributed by atoms with Gasteiger partial charge in [0.05, 0.1) is 14.2 Å². The SMILES string of the molecule is COc1ccc(C[CH]c2ccc(F)cc2)c(OC)c1. The first-order valence-electron chi connectivity index (χ1n) is 6.02. The van der Waals surface area contributed by atoms with Crippen LogP contribution in [-0.2, 0) is 6.42 Å². The Hall–Kier alpha value is -2.03. The van der Waals surface area contributed by atoms with E-state index in [1.807, 2.05) is 24.6 Å². The highest BCUT2D eigenvalue weighted by Gasteiger charge is 2.05. The first-order chi connectivity index (χ1) is 9.22. The first kappa shape index (κ1) is 13.4. The molecule has 19 heavy (non-hydrogen) atoms. The average Bonchev–Trinajstić information content (AvgIpc) is 2.46. The Bertz CT molecular complexity index is 535. The Morgan fingerprint density at radius 1 is 1.00 bits per heavy atom. The summed E-state index contributed by atoms with van der Waals surface area (Å²) in [6, 6.07) is 12.1. The zero-order valence-electron chi connectivity index (χ0n) is 11.0. The molecule has 0 saturated carbocycles. The minimum atomic E-state index is -0.223. The van der Waals surface area contributed by atoms with Crippen LogP contribution in [0.4, 0.5) is 4.39 Å². The van der Waals surface area contributed by atoms with Crippen molar-refractivity contribution in [1.82, 2.24) is 0 Å². The van der Waals surface area contributed by atoms with Crippen molar-refractivity contribution in [3.8, 4) is 11.5 Å². The maximum absolute atomic E-state index is 12.8. The Balaban J connectivity index is 2.08. The molecule has 0 aliphatic rings. The summed E-state index contributed by atoms with van der Waals surface area (Å²) in [5.74, 6) is 1.33. The van der Waals surface area contributed by atoms with E-state index in [1.165, 1.54) is 12.1 Å². The highest BCUT2D eigenvalue weighted by atomic mass is 19.1. The largest absolute Gasteiger partial charge is 0.497 e. The summed E-state index contributed by atoms with van der Waals surface area (Å²) in [7, 11) is 3.26. The fraction of sp³-hybridized carbons (Fsp3) is 0.188. The predicted molar refractivity (Wildman–Crippen MR) is 73.1 cm³/mol. The van der Waals surface area contributed by atoms with Crippen LogP contribution in [0.3, 0.4) is 0 Å². The van der Waals surface area contributed by atoms with Crippen molar-refractivity contribution in [2.45, 2.75) is 6.42 Å². The molecule has 0 spiro atoms. The van der Waals surface area contributed by atoms with Gasteiger partial charge < -0.3 is 9.47 Å². The van der Waals surface area contributed by atoms with Gasteiger partial charge in [0, 0.05) is 6.07 Å². The summed E-state index contributed by atoms with van der Waals surface area (Å²) >= 11 is 0. The van der Waals surface area contributed by atoms with Crippen LogP contribution in [0.5, 0.6) is 11.5 Å². The van der Waals surface area contributed by atoms with Gasteiger partial charge in [0.25, 0.3) is 0 Å². The van der Waals surface area contributed by atoms with Crippen molar-refractivity contribution in [3.63, 3.8) is 0 Å². The van der Waals surface area contributed by atoms with Crippen LogP contribution in [0.2, 0.25) is 0 Å². The molecule has 0 N–H and O–H groups in total. The van der Waals surface area contributed by atoms with Gasteiger partial charge in [-0.05, 0) is 42.2 Å². The van der Waals surface area contributed by atoms with E-state index < -0.39 is 0 Å². The van der Waals surface area contributed by atoms with E-state index in [4.69, 9.17) is 9.47 Å². The van der Waals surface area contributed by atoms with E-state index in [0.29, 0.717) is 0 Å². The Morgan fingerprint density at radius 3 is 2.37 bits per heavy atom. The maximum Gasteiger partial charge on any atom is 0.125 e. The highest BCUT2D eigenvalue weighted by Crippen LogP contribution is 2.26. The Morgan fingerprint density at radius 2 is 1.74 bits per heavy atom. The van der Waals surface area contributed by atoms with Crippen LogP contribution in [0.25, 0.3) is 0 Å². The Kier molecular flexibility index (Phi) is 4.39. The standard InChI is InChI=1S/C16H16FO2/c1-18-15-10-7-13(16(11-15)19-2)6-3-12-4-8-14(17)9-5-12/h3-5,7-11H,6H2,1-2H3.